The van der Waals surface area contributed by atoms with Crippen molar-refractivity contribution in [2.45, 2.75) is 26.4 Å². The molecule has 0 saturated heterocycles. The molecule has 0 atom stereocenters. The molecule has 2 nitrogen and oxygen atoms in total. The molecule has 0 radical (unpaired) electrons. The highest BCUT2D eigenvalue weighted by Crippen LogP contribution is 2.18. The molecular weight excluding hydrogens is 157 g/mol. The monoisotopic (exact) mass is 169 g/mol. The van der Waals surface area contributed by atoms with E-state index in [0.29, 0.717) is 11.3 Å². The molecular formula is C9H12FNO. The molecule has 0 aromatic carbocycles. The van der Waals surface area contributed by atoms with Gasteiger partial charge in [-0.3, -0.25) is 4.98 Å². The summed E-state index contributed by atoms with van der Waals surface area (Å²) in [5.74, 6) is -0.344. The van der Waals surface area contributed by atoms with E-state index < -0.39 is 5.60 Å². The van der Waals surface area contributed by atoms with Gasteiger partial charge in [-0.25, -0.2) is 4.39 Å². The highest BCUT2D eigenvalue weighted by atomic mass is 19.1. The van der Waals surface area contributed by atoms with Crippen molar-refractivity contribution in [2.75, 3.05) is 0 Å². The zero-order chi connectivity index (χ0) is 9.35. The highest BCUT2D eigenvalue weighted by Gasteiger charge is 2.18. The van der Waals surface area contributed by atoms with Gasteiger partial charge in [0.15, 0.2) is 0 Å². The first kappa shape index (κ1) is 9.13. The second kappa shape index (κ2) is 2.83. The topological polar surface area (TPSA) is 33.1 Å². The molecule has 0 saturated carbocycles. The van der Waals surface area contributed by atoms with Gasteiger partial charge in [0.1, 0.15) is 11.4 Å². The van der Waals surface area contributed by atoms with Crippen LogP contribution in [0.1, 0.15) is 25.1 Å². The minimum absolute atomic E-state index is 0.344. The zero-order valence-corrected chi connectivity index (χ0v) is 7.43. The van der Waals surface area contributed by atoms with Gasteiger partial charge in [-0.05, 0) is 32.4 Å². The van der Waals surface area contributed by atoms with Gasteiger partial charge >= 0.3 is 0 Å². The van der Waals surface area contributed by atoms with E-state index in [1.165, 1.54) is 0 Å². The predicted octanol–water partition coefficient (Wildman–Crippen LogP) is 1.76. The lowest BCUT2D eigenvalue weighted by molar-refractivity contribution is 0.0736. The minimum Gasteiger partial charge on any atom is -0.384 e. The Hall–Kier alpha value is -0.960. The summed E-state index contributed by atoms with van der Waals surface area (Å²) >= 11 is 0. The average molecular weight is 169 g/mol. The minimum atomic E-state index is -1.00. The van der Waals surface area contributed by atoms with Crippen LogP contribution in [-0.4, -0.2) is 10.1 Å². The quantitative estimate of drug-likeness (QED) is 0.694. The van der Waals surface area contributed by atoms with Gasteiger partial charge < -0.3 is 5.11 Å². The van der Waals surface area contributed by atoms with E-state index in [4.69, 9.17) is 0 Å². The fraction of sp³-hybridized carbons (Fsp3) is 0.444. The molecule has 0 bridgehead atoms. The summed E-state index contributed by atoms with van der Waals surface area (Å²) in [6.07, 6.45) is 1.13. The molecule has 3 heteroatoms. The second-order valence-electron chi connectivity index (χ2n) is 3.38. The molecule has 0 fully saturated rings. The van der Waals surface area contributed by atoms with Crippen LogP contribution in [-0.2, 0) is 5.60 Å². The molecule has 0 amide bonds. The Labute approximate surface area is 71.1 Å². The molecule has 1 aromatic rings. The molecule has 0 spiro atoms. The van der Waals surface area contributed by atoms with Gasteiger partial charge in [-0.2, -0.15) is 0 Å². The smallest absolute Gasteiger partial charge is 0.144 e. The Morgan fingerprint density at radius 2 is 2.08 bits per heavy atom. The zero-order valence-electron chi connectivity index (χ0n) is 7.43. The van der Waals surface area contributed by atoms with Crippen LogP contribution in [0.25, 0.3) is 0 Å². The summed E-state index contributed by atoms with van der Waals surface area (Å²) in [6, 6.07) is 1.55. The van der Waals surface area contributed by atoms with E-state index in [1.807, 2.05) is 0 Å². The largest absolute Gasteiger partial charge is 0.384 e. The van der Waals surface area contributed by atoms with Crippen molar-refractivity contribution in [3.8, 4) is 0 Å². The van der Waals surface area contributed by atoms with Crippen molar-refractivity contribution in [2.24, 2.45) is 0 Å². The lowest BCUT2D eigenvalue weighted by Crippen LogP contribution is -2.17. The van der Waals surface area contributed by atoms with E-state index in [9.17, 15) is 9.50 Å². The number of halogens is 1. The molecule has 12 heavy (non-hydrogen) atoms. The van der Waals surface area contributed by atoms with Crippen LogP contribution >= 0.6 is 0 Å². The fourth-order valence-corrected chi connectivity index (χ4v) is 0.874. The normalized spacial score (nSPS) is 11.8. The van der Waals surface area contributed by atoms with Crippen LogP contribution in [0.2, 0.25) is 0 Å². The maximum absolute atomic E-state index is 12.7. The summed E-state index contributed by atoms with van der Waals surface area (Å²) in [5.41, 5.74) is -0.0122. The first-order valence-corrected chi connectivity index (χ1v) is 3.76. The SMILES string of the molecule is Cc1cc(C(C)(C)O)ncc1F. The number of rotatable bonds is 1. The fourth-order valence-electron chi connectivity index (χ4n) is 0.874. The van der Waals surface area contributed by atoms with Gasteiger partial charge in [0.25, 0.3) is 0 Å². The predicted molar refractivity (Wildman–Crippen MR) is 44.2 cm³/mol. The summed E-state index contributed by atoms with van der Waals surface area (Å²) in [6.45, 7) is 4.88. The summed E-state index contributed by atoms with van der Waals surface area (Å²) in [5, 5.41) is 9.52. The Balaban J connectivity index is 3.14. The van der Waals surface area contributed by atoms with Crippen molar-refractivity contribution < 1.29 is 9.50 Å². The molecule has 0 aliphatic heterocycles. The molecule has 0 aliphatic rings. The first-order valence-electron chi connectivity index (χ1n) is 3.76. The highest BCUT2D eigenvalue weighted by molar-refractivity contribution is 5.19. The number of hydrogen-bond acceptors (Lipinski definition) is 2. The van der Waals surface area contributed by atoms with Crippen molar-refractivity contribution in [3.05, 3.63) is 29.3 Å². The van der Waals surface area contributed by atoms with Gasteiger partial charge in [0.2, 0.25) is 0 Å². The number of aryl methyl sites for hydroxylation is 1. The van der Waals surface area contributed by atoms with Crippen LogP contribution in [0.5, 0.6) is 0 Å². The maximum Gasteiger partial charge on any atom is 0.144 e. The van der Waals surface area contributed by atoms with E-state index in [1.54, 1.807) is 26.8 Å². The third kappa shape index (κ3) is 1.80. The Morgan fingerprint density at radius 3 is 2.50 bits per heavy atom. The van der Waals surface area contributed by atoms with Crippen LogP contribution in [0.3, 0.4) is 0 Å². The van der Waals surface area contributed by atoms with Crippen molar-refractivity contribution in [1.29, 1.82) is 0 Å². The molecule has 66 valence electrons. The molecule has 1 heterocycles. The van der Waals surface area contributed by atoms with Crippen LogP contribution in [0, 0.1) is 12.7 Å². The molecule has 0 unspecified atom stereocenters. The lowest BCUT2D eigenvalue weighted by atomic mass is 10.0. The van der Waals surface area contributed by atoms with Crippen LogP contribution in [0.4, 0.5) is 4.39 Å². The van der Waals surface area contributed by atoms with Gasteiger partial charge in [-0.15, -0.1) is 0 Å². The average Bonchev–Trinajstić information content (AvgIpc) is 1.92. The maximum atomic E-state index is 12.7. The Bertz CT molecular complexity index is 291. The number of nitrogens with zero attached hydrogens (tertiary/aromatic N) is 1. The summed E-state index contributed by atoms with van der Waals surface area (Å²) in [4.78, 5) is 3.79. The van der Waals surface area contributed by atoms with Crippen molar-refractivity contribution >= 4 is 0 Å². The molecule has 1 aromatic heterocycles. The second-order valence-corrected chi connectivity index (χ2v) is 3.38. The molecule has 1 N–H and O–H groups in total. The van der Waals surface area contributed by atoms with Crippen LogP contribution < -0.4 is 0 Å². The lowest BCUT2D eigenvalue weighted by Gasteiger charge is -2.16. The van der Waals surface area contributed by atoms with Crippen molar-refractivity contribution in [3.63, 3.8) is 0 Å². The van der Waals surface area contributed by atoms with E-state index in [2.05, 4.69) is 4.98 Å². The Kier molecular flexibility index (Phi) is 2.15. The van der Waals surface area contributed by atoms with Gasteiger partial charge in [0.05, 0.1) is 11.9 Å². The third-order valence-corrected chi connectivity index (χ3v) is 1.67. The van der Waals surface area contributed by atoms with E-state index >= 15 is 0 Å². The van der Waals surface area contributed by atoms with Crippen molar-refractivity contribution in [1.82, 2.24) is 4.98 Å². The number of aliphatic hydroxyl groups is 1. The first-order chi connectivity index (χ1) is 5.41. The van der Waals surface area contributed by atoms with Gasteiger partial charge in [0, 0.05) is 0 Å². The molecule has 0 aliphatic carbocycles. The van der Waals surface area contributed by atoms with E-state index in [-0.39, 0.29) is 5.82 Å². The Morgan fingerprint density at radius 1 is 1.50 bits per heavy atom. The third-order valence-electron chi connectivity index (χ3n) is 1.67. The van der Waals surface area contributed by atoms with Gasteiger partial charge in [-0.1, -0.05) is 0 Å². The number of pyridine rings is 1. The van der Waals surface area contributed by atoms with E-state index in [0.717, 1.165) is 6.20 Å². The summed E-state index contributed by atoms with van der Waals surface area (Å²) < 4.78 is 12.7. The summed E-state index contributed by atoms with van der Waals surface area (Å²) in [7, 11) is 0. The standard InChI is InChI=1S/C9H12FNO/c1-6-4-8(9(2,3)12)11-5-7(6)10/h4-5,12H,1-3H3. The number of hydrogen-bond donors (Lipinski definition) is 1. The molecule has 1 rings (SSSR count). The number of aromatic nitrogens is 1. The van der Waals surface area contributed by atoms with Crippen LogP contribution in [0.15, 0.2) is 12.3 Å².